The Hall–Kier alpha value is -1.59. The number of furan rings is 1. The summed E-state index contributed by atoms with van der Waals surface area (Å²) in [5.74, 6) is 3.72. The summed E-state index contributed by atoms with van der Waals surface area (Å²) in [7, 11) is 2.26. The van der Waals surface area contributed by atoms with Crippen molar-refractivity contribution in [2.24, 2.45) is 34.5 Å². The molecule has 5 fully saturated rings. The zero-order valence-electron chi connectivity index (χ0n) is 22.9. The lowest BCUT2D eigenvalue weighted by atomic mass is 9.45. The van der Waals surface area contributed by atoms with Gasteiger partial charge in [-0.3, -0.25) is 9.69 Å². The number of likely N-dealkylation sites (N-methyl/N-ethyl adjacent to an activating group) is 1. The normalized spacial score (nSPS) is 44.6. The summed E-state index contributed by atoms with van der Waals surface area (Å²) in [6, 6.07) is 4.74. The molecule has 0 aromatic carbocycles. The summed E-state index contributed by atoms with van der Waals surface area (Å²) in [5.41, 5.74) is 1.77. The first-order valence-electron chi connectivity index (χ1n) is 14.6. The van der Waals surface area contributed by atoms with E-state index in [2.05, 4.69) is 36.8 Å². The predicted molar refractivity (Wildman–Crippen MR) is 142 cm³/mol. The Labute approximate surface area is 217 Å². The van der Waals surface area contributed by atoms with E-state index in [9.17, 15) is 4.79 Å². The molecule has 36 heavy (non-hydrogen) atoms. The first kappa shape index (κ1) is 24.7. The lowest BCUT2D eigenvalue weighted by Gasteiger charge is -2.61. The minimum atomic E-state index is -0.160. The van der Waals surface area contributed by atoms with Crippen LogP contribution in [0.15, 0.2) is 28.4 Å². The Morgan fingerprint density at radius 1 is 1.06 bits per heavy atom. The highest BCUT2D eigenvalue weighted by Crippen LogP contribution is 2.67. The third kappa shape index (κ3) is 4.09. The first-order chi connectivity index (χ1) is 17.3. The lowest BCUT2D eigenvalue weighted by Crippen LogP contribution is -2.57. The van der Waals surface area contributed by atoms with Crippen LogP contribution in [0.25, 0.3) is 6.08 Å². The molecule has 6 rings (SSSR count). The average molecular weight is 495 g/mol. The van der Waals surface area contributed by atoms with Crippen LogP contribution < -0.4 is 0 Å². The van der Waals surface area contributed by atoms with Crippen molar-refractivity contribution in [3.05, 3.63) is 29.7 Å². The van der Waals surface area contributed by atoms with Crippen molar-refractivity contribution >= 4 is 12.0 Å². The van der Waals surface area contributed by atoms with Crippen LogP contribution in [0.3, 0.4) is 0 Å². The number of hydrogen-bond acceptors (Lipinski definition) is 5. The number of carbonyl (C=O) groups excluding carboxylic acids is 1. The van der Waals surface area contributed by atoms with Crippen LogP contribution in [0.4, 0.5) is 0 Å². The van der Waals surface area contributed by atoms with Gasteiger partial charge in [0.1, 0.15) is 11.9 Å². The van der Waals surface area contributed by atoms with E-state index in [0.29, 0.717) is 11.3 Å². The number of carbonyl (C=O) groups is 1. The maximum Gasteiger partial charge on any atom is 0.303 e. The highest BCUT2D eigenvalue weighted by molar-refractivity contribution is 5.67. The lowest BCUT2D eigenvalue weighted by molar-refractivity contribution is -0.160. The standard InChI is InChI=1S/C31H46N2O3/c1-21(34)36-29-22(18-25-6-5-17-35-25)19-28-26-8-7-23-20-24(33-15-13-32(4)14-16-33)9-11-30(23,2)27(26)10-12-31(28,29)3/h5-6,17-18,23-24,26-29H,7-16,19-20H2,1-4H3/b22-18+/t23-,24-,26+,27-,28-,29-,30-,31-/m0/s1. The topological polar surface area (TPSA) is 45.9 Å². The van der Waals surface area contributed by atoms with Crippen LogP contribution in [0.5, 0.6) is 0 Å². The third-order valence-corrected chi connectivity index (χ3v) is 11.7. The van der Waals surface area contributed by atoms with Gasteiger partial charge in [0.2, 0.25) is 0 Å². The molecule has 0 N–H and O–H groups in total. The molecule has 1 aliphatic heterocycles. The Bertz CT molecular complexity index is 980. The molecule has 198 valence electrons. The molecule has 1 saturated heterocycles. The van der Waals surface area contributed by atoms with Crippen molar-refractivity contribution in [1.29, 1.82) is 0 Å². The number of piperazine rings is 1. The molecule has 0 unspecified atom stereocenters. The Morgan fingerprint density at radius 2 is 1.83 bits per heavy atom. The molecular weight excluding hydrogens is 448 g/mol. The summed E-state index contributed by atoms with van der Waals surface area (Å²) < 4.78 is 11.8. The fraction of sp³-hybridized carbons (Fsp3) is 0.774. The fourth-order valence-corrected chi connectivity index (χ4v) is 9.66. The summed E-state index contributed by atoms with van der Waals surface area (Å²) in [5, 5.41) is 0. The molecule has 5 nitrogen and oxygen atoms in total. The van der Waals surface area contributed by atoms with Gasteiger partial charge in [-0.05, 0) is 111 Å². The van der Waals surface area contributed by atoms with E-state index in [1.165, 1.54) is 70.3 Å². The minimum Gasteiger partial charge on any atom is -0.465 e. The summed E-state index contributed by atoms with van der Waals surface area (Å²) in [6.45, 7) is 11.6. The van der Waals surface area contributed by atoms with Gasteiger partial charge in [-0.1, -0.05) is 13.8 Å². The molecule has 0 spiro atoms. The van der Waals surface area contributed by atoms with Gasteiger partial charge in [0.25, 0.3) is 0 Å². The zero-order valence-corrected chi connectivity index (χ0v) is 22.9. The highest BCUT2D eigenvalue weighted by Gasteiger charge is 2.62. The minimum absolute atomic E-state index is 0.0332. The van der Waals surface area contributed by atoms with Crippen LogP contribution in [-0.4, -0.2) is 61.1 Å². The first-order valence-corrected chi connectivity index (χ1v) is 14.6. The second kappa shape index (κ2) is 9.31. The van der Waals surface area contributed by atoms with E-state index < -0.39 is 0 Å². The second-order valence-corrected chi connectivity index (χ2v) is 13.4. The smallest absolute Gasteiger partial charge is 0.303 e. The predicted octanol–water partition coefficient (Wildman–Crippen LogP) is 5.86. The van der Waals surface area contributed by atoms with Crippen molar-refractivity contribution in [1.82, 2.24) is 9.80 Å². The van der Waals surface area contributed by atoms with Crippen LogP contribution in [0.2, 0.25) is 0 Å². The number of esters is 1. The summed E-state index contributed by atoms with van der Waals surface area (Å²) in [6.07, 6.45) is 14.2. The molecule has 1 aromatic heterocycles. The molecule has 1 aromatic rings. The van der Waals surface area contributed by atoms with E-state index >= 15 is 0 Å². The van der Waals surface area contributed by atoms with Gasteiger partial charge in [-0.2, -0.15) is 0 Å². The zero-order chi connectivity index (χ0) is 25.1. The maximum absolute atomic E-state index is 12.2. The number of ether oxygens (including phenoxy) is 1. The number of rotatable bonds is 3. The second-order valence-electron chi connectivity index (χ2n) is 13.4. The van der Waals surface area contributed by atoms with Crippen LogP contribution >= 0.6 is 0 Å². The van der Waals surface area contributed by atoms with Crippen molar-refractivity contribution in [2.75, 3.05) is 33.2 Å². The summed E-state index contributed by atoms with van der Waals surface area (Å²) >= 11 is 0. The monoisotopic (exact) mass is 494 g/mol. The van der Waals surface area contributed by atoms with E-state index in [1.54, 1.807) is 13.2 Å². The Kier molecular flexibility index (Phi) is 6.39. The van der Waals surface area contributed by atoms with E-state index in [4.69, 9.17) is 9.15 Å². The van der Waals surface area contributed by atoms with Gasteiger partial charge in [0, 0.05) is 44.6 Å². The fourth-order valence-electron chi connectivity index (χ4n) is 9.66. The molecular formula is C31H46N2O3. The van der Waals surface area contributed by atoms with E-state index in [1.807, 2.05) is 12.1 Å². The highest BCUT2D eigenvalue weighted by atomic mass is 16.5. The molecule has 4 saturated carbocycles. The average Bonchev–Trinajstić information content (AvgIpc) is 3.45. The van der Waals surface area contributed by atoms with Gasteiger partial charge in [0.05, 0.1) is 6.26 Å². The third-order valence-electron chi connectivity index (χ3n) is 11.7. The molecule has 0 bridgehead atoms. The molecule has 4 aliphatic carbocycles. The van der Waals surface area contributed by atoms with E-state index in [-0.39, 0.29) is 17.5 Å². The van der Waals surface area contributed by atoms with Gasteiger partial charge < -0.3 is 14.1 Å². The van der Waals surface area contributed by atoms with Crippen molar-refractivity contribution in [3.8, 4) is 0 Å². The Balaban J connectivity index is 1.22. The molecule has 8 atom stereocenters. The number of fused-ring (bicyclic) bond motifs is 5. The van der Waals surface area contributed by atoms with E-state index in [0.717, 1.165) is 42.4 Å². The van der Waals surface area contributed by atoms with Gasteiger partial charge in [0.15, 0.2) is 0 Å². The molecule has 0 amide bonds. The quantitative estimate of drug-likeness (QED) is 0.492. The van der Waals surface area contributed by atoms with Gasteiger partial charge in [-0.25, -0.2) is 0 Å². The molecule has 2 heterocycles. The number of hydrogen-bond donors (Lipinski definition) is 0. The van der Waals surface area contributed by atoms with Crippen LogP contribution in [-0.2, 0) is 9.53 Å². The Morgan fingerprint density at radius 3 is 2.56 bits per heavy atom. The maximum atomic E-state index is 12.2. The van der Waals surface area contributed by atoms with Crippen molar-refractivity contribution < 1.29 is 13.9 Å². The van der Waals surface area contributed by atoms with Crippen molar-refractivity contribution in [2.45, 2.75) is 84.3 Å². The van der Waals surface area contributed by atoms with Crippen LogP contribution in [0, 0.1) is 34.5 Å². The SMILES string of the molecule is CC(=O)O[C@H]1/C(=C/c2ccco2)C[C@H]2[C@@H]3CC[C@H]4C[C@@H](N5CCN(C)CC5)CC[C@]4(C)[C@H]3CC[C@]12C. The van der Waals surface area contributed by atoms with Crippen molar-refractivity contribution in [3.63, 3.8) is 0 Å². The van der Waals surface area contributed by atoms with Crippen LogP contribution in [0.1, 0.15) is 77.9 Å². The summed E-state index contributed by atoms with van der Waals surface area (Å²) in [4.78, 5) is 17.5. The molecule has 0 radical (unpaired) electrons. The van der Waals surface area contributed by atoms with Gasteiger partial charge >= 0.3 is 5.97 Å². The molecule has 5 aliphatic rings. The number of nitrogens with zero attached hydrogens (tertiary/aromatic N) is 2. The van der Waals surface area contributed by atoms with Gasteiger partial charge in [-0.15, -0.1) is 0 Å². The molecule has 5 heteroatoms. The largest absolute Gasteiger partial charge is 0.465 e.